The average molecular weight is 851 g/mol. The van der Waals surface area contributed by atoms with Crippen LogP contribution in [0.1, 0.15) is 58.6 Å². The number of rotatable bonds is 5. The summed E-state index contributed by atoms with van der Waals surface area (Å²) in [6.07, 6.45) is 20.6. The summed E-state index contributed by atoms with van der Waals surface area (Å²) in [6.45, 7) is 2.23. The topological polar surface area (TPSA) is 24.9 Å². The Morgan fingerprint density at radius 3 is 2.05 bits per heavy atom. The van der Waals surface area contributed by atoms with Gasteiger partial charge in [-0.05, 0) is 147 Å². The molecule has 0 radical (unpaired) electrons. The van der Waals surface area contributed by atoms with Gasteiger partial charge in [0.2, 0.25) is 0 Å². The molecule has 14 rings (SSSR count). The summed E-state index contributed by atoms with van der Waals surface area (Å²) in [4.78, 5) is 5.02. The smallest absolute Gasteiger partial charge is 0.163 e. The molecular weight excluding hydrogens is 805 g/mol. The standard InChI is InChI=1S/C62H46N2O2/c1-39-28-29-41(40-16-4-2-5-17-40)34-57(39)63(43-30-32-56-50(35-43)48-23-11-15-27-55(48)64(56)42-18-6-3-7-19-42)44-31-33-58-59(36-44)66-60-37-49-47-22-10-14-26-53(47)62(54(49)38-61(60)65-58)51-24-12-8-20-45(51)46-21-9-13-25-52(46)62/h2-6,8-18,20-34,36-38,50,58-59H,7,19,35H2,1H3. The first kappa shape index (κ1) is 37.5. The van der Waals surface area contributed by atoms with Crippen LogP contribution in [-0.4, -0.2) is 12.2 Å². The molecule has 0 fully saturated rings. The maximum absolute atomic E-state index is 7.16. The minimum absolute atomic E-state index is 0.224. The van der Waals surface area contributed by atoms with Gasteiger partial charge in [-0.1, -0.05) is 146 Å². The van der Waals surface area contributed by atoms with E-state index in [0.717, 1.165) is 42.1 Å². The van der Waals surface area contributed by atoms with Crippen LogP contribution in [-0.2, 0) is 5.41 Å². The van der Waals surface area contributed by atoms with Crippen molar-refractivity contribution in [2.75, 3.05) is 9.80 Å². The molecule has 1 spiro atoms. The van der Waals surface area contributed by atoms with Crippen LogP contribution >= 0.6 is 0 Å². The lowest BCUT2D eigenvalue weighted by molar-refractivity contribution is 0.0748. The van der Waals surface area contributed by atoms with Crippen molar-refractivity contribution in [2.45, 2.75) is 49.7 Å². The van der Waals surface area contributed by atoms with Gasteiger partial charge in [0, 0.05) is 46.5 Å². The quantitative estimate of drug-likeness (QED) is 0.172. The van der Waals surface area contributed by atoms with E-state index in [9.17, 15) is 0 Å². The number of nitrogens with zero attached hydrogens (tertiary/aromatic N) is 2. The summed E-state index contributed by atoms with van der Waals surface area (Å²) in [5.41, 5.74) is 22.2. The van der Waals surface area contributed by atoms with Gasteiger partial charge in [0.05, 0.1) is 5.41 Å². The van der Waals surface area contributed by atoms with Crippen LogP contribution in [0.3, 0.4) is 0 Å². The third-order valence-electron chi connectivity index (χ3n) is 15.1. The van der Waals surface area contributed by atoms with Crippen LogP contribution in [0.2, 0.25) is 0 Å². The van der Waals surface area contributed by atoms with E-state index in [-0.39, 0.29) is 18.1 Å². The fourth-order valence-corrected chi connectivity index (χ4v) is 12.2. The second-order valence-electron chi connectivity index (χ2n) is 18.6. The molecule has 66 heavy (non-hydrogen) atoms. The molecule has 0 N–H and O–H groups in total. The molecule has 3 atom stereocenters. The first-order valence-electron chi connectivity index (χ1n) is 23.5. The van der Waals surface area contributed by atoms with E-state index >= 15 is 0 Å². The minimum atomic E-state index is -0.445. The third-order valence-corrected chi connectivity index (χ3v) is 15.1. The molecule has 3 unspecified atom stereocenters. The summed E-state index contributed by atoms with van der Waals surface area (Å²) in [6, 6.07) is 58.0. The van der Waals surface area contributed by atoms with Crippen LogP contribution in [0.4, 0.5) is 11.4 Å². The minimum Gasteiger partial charge on any atom is -0.478 e. The van der Waals surface area contributed by atoms with Crippen molar-refractivity contribution in [3.8, 4) is 44.9 Å². The molecule has 0 saturated heterocycles. The van der Waals surface area contributed by atoms with Gasteiger partial charge in [0.25, 0.3) is 0 Å². The molecular formula is C62H46N2O2. The number of hydrogen-bond acceptors (Lipinski definition) is 4. The Bertz CT molecular complexity index is 3360. The molecule has 0 amide bonds. The molecule has 7 aromatic rings. The Hall–Kier alpha value is -7.82. The van der Waals surface area contributed by atoms with Crippen molar-refractivity contribution in [3.05, 3.63) is 263 Å². The maximum atomic E-state index is 7.16. The summed E-state index contributed by atoms with van der Waals surface area (Å²) >= 11 is 0. The zero-order valence-corrected chi connectivity index (χ0v) is 36.7. The van der Waals surface area contributed by atoms with E-state index in [1.165, 1.54) is 89.5 Å². The lowest BCUT2D eigenvalue weighted by Crippen LogP contribution is -2.40. The number of ether oxygens (including phenoxy) is 2. The zero-order chi connectivity index (χ0) is 43.5. The summed E-state index contributed by atoms with van der Waals surface area (Å²) in [7, 11) is 0. The molecule has 7 aliphatic rings. The first-order valence-corrected chi connectivity index (χ1v) is 23.5. The summed E-state index contributed by atoms with van der Waals surface area (Å²) in [5.74, 6) is 1.79. The van der Waals surface area contributed by atoms with Gasteiger partial charge < -0.3 is 19.3 Å². The van der Waals surface area contributed by atoms with Crippen molar-refractivity contribution >= 4 is 11.4 Å². The highest BCUT2D eigenvalue weighted by atomic mass is 16.6. The molecule has 4 nitrogen and oxygen atoms in total. The Labute approximate surface area is 386 Å². The normalized spacial score (nSPS) is 20.4. The molecule has 316 valence electrons. The number of benzene rings is 7. The number of para-hydroxylation sites is 1. The van der Waals surface area contributed by atoms with Crippen molar-refractivity contribution < 1.29 is 9.47 Å². The molecule has 5 aliphatic carbocycles. The summed E-state index contributed by atoms with van der Waals surface area (Å²) < 4.78 is 14.2. The fraction of sp³-hybridized carbons (Fsp3) is 0.129. The molecule has 0 aromatic heterocycles. The Morgan fingerprint density at radius 1 is 0.606 bits per heavy atom. The molecule has 2 heterocycles. The van der Waals surface area contributed by atoms with Crippen LogP contribution in [0, 0.1) is 6.92 Å². The molecule has 2 aliphatic heterocycles. The van der Waals surface area contributed by atoms with Crippen LogP contribution in [0.25, 0.3) is 33.4 Å². The van der Waals surface area contributed by atoms with Gasteiger partial charge >= 0.3 is 0 Å². The van der Waals surface area contributed by atoms with E-state index in [1.807, 2.05) is 0 Å². The van der Waals surface area contributed by atoms with E-state index in [1.54, 1.807) is 0 Å². The molecule has 7 aromatic carbocycles. The largest absolute Gasteiger partial charge is 0.478 e. The monoisotopic (exact) mass is 850 g/mol. The number of fused-ring (bicyclic) bond motifs is 15. The van der Waals surface area contributed by atoms with E-state index in [2.05, 4.69) is 223 Å². The predicted molar refractivity (Wildman–Crippen MR) is 267 cm³/mol. The lowest BCUT2D eigenvalue weighted by Gasteiger charge is -2.39. The Kier molecular flexibility index (Phi) is 8.16. The maximum Gasteiger partial charge on any atom is 0.163 e. The Balaban J connectivity index is 0.884. The van der Waals surface area contributed by atoms with Crippen molar-refractivity contribution in [3.63, 3.8) is 0 Å². The number of anilines is 2. The van der Waals surface area contributed by atoms with E-state index in [0.29, 0.717) is 0 Å². The van der Waals surface area contributed by atoms with Gasteiger partial charge in [-0.25, -0.2) is 0 Å². The van der Waals surface area contributed by atoms with Gasteiger partial charge in [-0.3, -0.25) is 0 Å². The number of allylic oxidation sites excluding steroid dienone is 9. The van der Waals surface area contributed by atoms with Crippen molar-refractivity contribution in [1.82, 2.24) is 0 Å². The van der Waals surface area contributed by atoms with Crippen LogP contribution in [0.5, 0.6) is 11.5 Å². The molecule has 0 bridgehead atoms. The van der Waals surface area contributed by atoms with Gasteiger partial charge in [0.1, 0.15) is 0 Å². The third kappa shape index (κ3) is 5.33. The second kappa shape index (κ2) is 14.3. The highest BCUT2D eigenvalue weighted by Gasteiger charge is 2.52. The summed E-state index contributed by atoms with van der Waals surface area (Å²) in [5, 5.41) is 0. The van der Waals surface area contributed by atoms with E-state index in [4.69, 9.17) is 9.47 Å². The average Bonchev–Trinajstić information content (AvgIpc) is 3.97. The number of aryl methyl sites for hydroxylation is 1. The van der Waals surface area contributed by atoms with E-state index < -0.39 is 5.41 Å². The fourth-order valence-electron chi connectivity index (χ4n) is 12.2. The van der Waals surface area contributed by atoms with Gasteiger partial charge in [-0.2, -0.15) is 0 Å². The molecule has 0 saturated carbocycles. The Morgan fingerprint density at radius 2 is 1.29 bits per heavy atom. The van der Waals surface area contributed by atoms with Crippen molar-refractivity contribution in [1.29, 1.82) is 0 Å². The first-order chi connectivity index (χ1) is 32.6. The highest BCUT2D eigenvalue weighted by Crippen LogP contribution is 2.64. The van der Waals surface area contributed by atoms with Gasteiger partial charge in [0.15, 0.2) is 23.7 Å². The predicted octanol–water partition coefficient (Wildman–Crippen LogP) is 14.5. The SMILES string of the molecule is Cc1ccc(-c2ccccc2)cc1N(C1=CC2Oc3cc4c(cc3OC2C=C1)C1(c2ccccc2-c2ccccc21)c1ccccc1-4)C1=CC=C2C(C1)c1ccccc1N2C1=CC=CCC1. The van der Waals surface area contributed by atoms with Crippen molar-refractivity contribution in [2.24, 2.45) is 0 Å². The zero-order valence-electron chi connectivity index (χ0n) is 36.7. The number of hydrogen-bond donors (Lipinski definition) is 0. The second-order valence-corrected chi connectivity index (χ2v) is 18.6. The van der Waals surface area contributed by atoms with Crippen LogP contribution < -0.4 is 19.3 Å². The van der Waals surface area contributed by atoms with Gasteiger partial charge in [-0.15, -0.1) is 0 Å². The molecule has 4 heteroatoms. The lowest BCUT2D eigenvalue weighted by atomic mass is 9.70. The van der Waals surface area contributed by atoms with Crippen LogP contribution in [0.15, 0.2) is 229 Å². The highest BCUT2D eigenvalue weighted by molar-refractivity contribution is 5.96.